The molecule has 0 spiro atoms. The van der Waals surface area contributed by atoms with Gasteiger partial charge in [0.2, 0.25) is 0 Å². The molecule has 106 valence electrons. The second kappa shape index (κ2) is 4.97. The van der Waals surface area contributed by atoms with Gasteiger partial charge in [0.15, 0.2) is 0 Å². The largest absolute Gasteiger partial charge is 0.349 e. The van der Waals surface area contributed by atoms with Gasteiger partial charge in [0.1, 0.15) is 11.2 Å². The van der Waals surface area contributed by atoms with E-state index in [-0.39, 0.29) is 11.9 Å². The Kier molecular flexibility index (Phi) is 3.29. The number of carbonyl (C=O) groups is 1. The van der Waals surface area contributed by atoms with Gasteiger partial charge in [0, 0.05) is 6.04 Å². The van der Waals surface area contributed by atoms with Gasteiger partial charge in [0.05, 0.1) is 5.69 Å². The van der Waals surface area contributed by atoms with Crippen LogP contribution in [-0.4, -0.2) is 32.2 Å². The zero-order valence-corrected chi connectivity index (χ0v) is 12.4. The third-order valence-corrected chi connectivity index (χ3v) is 4.65. The molecule has 0 saturated heterocycles. The Labute approximate surface area is 121 Å². The molecule has 1 atom stereocenters. The van der Waals surface area contributed by atoms with E-state index in [4.69, 9.17) is 0 Å². The summed E-state index contributed by atoms with van der Waals surface area (Å²) in [6, 6.07) is 2.12. The molecule has 1 fully saturated rings. The summed E-state index contributed by atoms with van der Waals surface area (Å²) >= 11 is 1.41. The molecule has 2 aromatic rings. The molecule has 1 unspecified atom stereocenters. The number of nitrogens with zero attached hydrogens (tertiary/aromatic N) is 4. The third kappa shape index (κ3) is 2.58. The Morgan fingerprint density at radius 3 is 3.05 bits per heavy atom. The Bertz CT molecular complexity index is 604. The van der Waals surface area contributed by atoms with E-state index in [1.165, 1.54) is 22.3 Å². The molecule has 1 amide bonds. The van der Waals surface area contributed by atoms with Crippen LogP contribution in [-0.2, 0) is 0 Å². The lowest BCUT2D eigenvalue weighted by Crippen LogP contribution is -2.33. The second-order valence-corrected chi connectivity index (χ2v) is 6.88. The molecule has 7 heteroatoms. The monoisotopic (exact) mass is 291 g/mol. The van der Waals surface area contributed by atoms with Gasteiger partial charge in [0.25, 0.3) is 5.91 Å². The van der Waals surface area contributed by atoms with Crippen LogP contribution in [0.1, 0.15) is 42.8 Å². The fraction of sp³-hybridized carbons (Fsp3) is 0.538. The van der Waals surface area contributed by atoms with Gasteiger partial charge < -0.3 is 5.32 Å². The second-order valence-electron chi connectivity index (χ2n) is 5.97. The first kappa shape index (κ1) is 13.2. The molecule has 1 N–H and O–H groups in total. The minimum Gasteiger partial charge on any atom is -0.349 e. The zero-order chi connectivity index (χ0) is 14.2. The number of tetrazole rings is 1. The van der Waals surface area contributed by atoms with Crippen molar-refractivity contribution in [3.05, 3.63) is 22.7 Å². The minimum absolute atomic E-state index is 0.0341. The summed E-state index contributed by atoms with van der Waals surface area (Å²) in [5.41, 5.74) is 1.06. The smallest absolute Gasteiger partial charge is 0.263 e. The molecule has 0 aromatic carbocycles. The summed E-state index contributed by atoms with van der Waals surface area (Å²) in [5, 5.41) is 16.1. The van der Waals surface area contributed by atoms with Crippen LogP contribution in [0.3, 0.4) is 0 Å². The molecule has 20 heavy (non-hydrogen) atoms. The highest BCUT2D eigenvalue weighted by Gasteiger charge is 2.32. The topological polar surface area (TPSA) is 72.7 Å². The number of carbonyl (C=O) groups excluding carboxylic acids is 1. The average Bonchev–Trinajstić information content (AvgIpc) is 3.08. The molecule has 0 radical (unpaired) electrons. The highest BCUT2D eigenvalue weighted by atomic mass is 32.1. The molecule has 1 saturated carbocycles. The number of hydrogen-bond acceptors (Lipinski definition) is 5. The van der Waals surface area contributed by atoms with E-state index < -0.39 is 0 Å². The standard InChI is InChI=1S/C13H17N5OS/c1-13(2)5-3-9(7-13)15-12(19)11-10(4-6-20-11)18-8-14-16-17-18/h4,6,8-9H,3,5,7H2,1-2H3,(H,15,19). The van der Waals surface area contributed by atoms with E-state index >= 15 is 0 Å². The molecular weight excluding hydrogens is 274 g/mol. The van der Waals surface area contributed by atoms with Gasteiger partial charge in [-0.05, 0) is 46.6 Å². The zero-order valence-electron chi connectivity index (χ0n) is 11.5. The maximum absolute atomic E-state index is 12.4. The third-order valence-electron chi connectivity index (χ3n) is 3.75. The van der Waals surface area contributed by atoms with Gasteiger partial charge >= 0.3 is 0 Å². The fourth-order valence-corrected chi connectivity index (χ4v) is 3.52. The first-order valence-electron chi connectivity index (χ1n) is 6.67. The van der Waals surface area contributed by atoms with E-state index in [9.17, 15) is 4.79 Å². The SMILES string of the molecule is CC1(C)CCC(NC(=O)c2sccc2-n2cnnn2)C1. The van der Waals surface area contributed by atoms with Crippen molar-refractivity contribution in [2.24, 2.45) is 5.41 Å². The van der Waals surface area contributed by atoms with E-state index in [1.54, 1.807) is 0 Å². The van der Waals surface area contributed by atoms with Gasteiger partial charge in [-0.25, -0.2) is 0 Å². The fourth-order valence-electron chi connectivity index (χ4n) is 2.73. The van der Waals surface area contributed by atoms with E-state index in [0.29, 0.717) is 10.3 Å². The van der Waals surface area contributed by atoms with Crippen LogP contribution < -0.4 is 5.32 Å². The first-order chi connectivity index (χ1) is 9.55. The van der Waals surface area contributed by atoms with Crippen LogP contribution >= 0.6 is 11.3 Å². The molecule has 3 rings (SSSR count). The van der Waals surface area contributed by atoms with Crippen molar-refractivity contribution in [1.29, 1.82) is 0 Å². The van der Waals surface area contributed by atoms with E-state index in [0.717, 1.165) is 24.9 Å². The van der Waals surface area contributed by atoms with Crippen molar-refractivity contribution in [2.75, 3.05) is 0 Å². The predicted molar refractivity (Wildman–Crippen MR) is 75.9 cm³/mol. The van der Waals surface area contributed by atoms with Crippen LogP contribution in [0.25, 0.3) is 5.69 Å². The number of hydrogen-bond donors (Lipinski definition) is 1. The molecule has 2 heterocycles. The van der Waals surface area contributed by atoms with Crippen molar-refractivity contribution in [2.45, 2.75) is 39.2 Å². The summed E-state index contributed by atoms with van der Waals surface area (Å²) in [5.74, 6) is -0.0341. The number of aromatic nitrogens is 4. The molecule has 6 nitrogen and oxygen atoms in total. The number of rotatable bonds is 3. The van der Waals surface area contributed by atoms with Crippen molar-refractivity contribution < 1.29 is 4.79 Å². The van der Waals surface area contributed by atoms with Crippen molar-refractivity contribution in [3.63, 3.8) is 0 Å². The Morgan fingerprint density at radius 1 is 1.55 bits per heavy atom. The number of amides is 1. The molecule has 1 aliphatic carbocycles. The highest BCUT2D eigenvalue weighted by Crippen LogP contribution is 2.37. The summed E-state index contributed by atoms with van der Waals surface area (Å²) in [6.45, 7) is 4.49. The summed E-state index contributed by atoms with van der Waals surface area (Å²) in [4.78, 5) is 13.1. The normalized spacial score (nSPS) is 21.0. The molecular formula is C13H17N5OS. The van der Waals surface area contributed by atoms with Crippen molar-refractivity contribution in [3.8, 4) is 5.69 Å². The Balaban J connectivity index is 1.74. The maximum atomic E-state index is 12.4. The maximum Gasteiger partial charge on any atom is 0.263 e. The molecule has 0 aliphatic heterocycles. The van der Waals surface area contributed by atoms with Crippen molar-refractivity contribution >= 4 is 17.2 Å². The van der Waals surface area contributed by atoms with Gasteiger partial charge in [-0.2, -0.15) is 4.68 Å². The lowest BCUT2D eigenvalue weighted by Gasteiger charge is -2.17. The molecule has 0 bridgehead atoms. The summed E-state index contributed by atoms with van der Waals surface area (Å²) in [7, 11) is 0. The molecule has 1 aliphatic rings. The number of thiophene rings is 1. The van der Waals surface area contributed by atoms with E-state index in [1.807, 2.05) is 11.4 Å². The van der Waals surface area contributed by atoms with Crippen molar-refractivity contribution in [1.82, 2.24) is 25.5 Å². The Hall–Kier alpha value is -1.76. The lowest BCUT2D eigenvalue weighted by atomic mass is 9.92. The average molecular weight is 291 g/mol. The summed E-state index contributed by atoms with van der Waals surface area (Å²) < 4.78 is 1.52. The first-order valence-corrected chi connectivity index (χ1v) is 7.55. The quantitative estimate of drug-likeness (QED) is 0.939. The lowest BCUT2D eigenvalue weighted by molar-refractivity contribution is 0.0940. The van der Waals surface area contributed by atoms with Crippen LogP contribution in [0, 0.1) is 5.41 Å². The van der Waals surface area contributed by atoms with E-state index in [2.05, 4.69) is 34.7 Å². The van der Waals surface area contributed by atoms with Gasteiger partial charge in [-0.15, -0.1) is 16.4 Å². The van der Waals surface area contributed by atoms with Gasteiger partial charge in [-0.3, -0.25) is 4.79 Å². The molecule has 2 aromatic heterocycles. The Morgan fingerprint density at radius 2 is 2.40 bits per heavy atom. The summed E-state index contributed by atoms with van der Waals surface area (Å²) in [6.07, 6.45) is 4.73. The van der Waals surface area contributed by atoms with Crippen LogP contribution in [0.2, 0.25) is 0 Å². The van der Waals surface area contributed by atoms with Crippen LogP contribution in [0.15, 0.2) is 17.8 Å². The highest BCUT2D eigenvalue weighted by molar-refractivity contribution is 7.12. The van der Waals surface area contributed by atoms with Crippen LogP contribution in [0.4, 0.5) is 0 Å². The predicted octanol–water partition coefficient (Wildman–Crippen LogP) is 2.03. The number of nitrogens with one attached hydrogen (secondary N) is 1. The minimum atomic E-state index is -0.0341. The van der Waals surface area contributed by atoms with Gasteiger partial charge in [-0.1, -0.05) is 13.8 Å². The van der Waals surface area contributed by atoms with Crippen LogP contribution in [0.5, 0.6) is 0 Å².